The molecule has 0 heterocycles. The fraction of sp³-hybridized carbons (Fsp3) is 0.579. The van der Waals surface area contributed by atoms with Crippen LogP contribution in [0.3, 0.4) is 0 Å². The second-order valence-corrected chi connectivity index (χ2v) is 7.53. The Morgan fingerprint density at radius 2 is 1.64 bits per heavy atom. The van der Waals surface area contributed by atoms with E-state index in [4.69, 9.17) is 5.73 Å². The van der Waals surface area contributed by atoms with Gasteiger partial charge in [0.1, 0.15) is 0 Å². The minimum absolute atomic E-state index is 0. The average molecular weight is 370 g/mol. The first-order chi connectivity index (χ1) is 11.1. The number of hydrogen-bond acceptors (Lipinski definition) is 3. The predicted molar refractivity (Wildman–Crippen MR) is 105 cm³/mol. The van der Waals surface area contributed by atoms with Gasteiger partial charge in [-0.15, -0.1) is 12.4 Å². The summed E-state index contributed by atoms with van der Waals surface area (Å²) in [6, 6.07) is 7.86. The largest absolute Gasteiger partial charge is 0.354 e. The van der Waals surface area contributed by atoms with Crippen LogP contribution in [0.15, 0.2) is 24.3 Å². The highest BCUT2D eigenvalue weighted by atomic mass is 35.5. The summed E-state index contributed by atoms with van der Waals surface area (Å²) >= 11 is 0. The predicted octanol–water partition coefficient (Wildman–Crippen LogP) is 2.16. The summed E-state index contributed by atoms with van der Waals surface area (Å²) < 4.78 is 0. The number of carbonyl (C=O) groups excluding carboxylic acids is 2. The van der Waals surface area contributed by atoms with E-state index in [9.17, 15) is 9.59 Å². The van der Waals surface area contributed by atoms with Gasteiger partial charge < -0.3 is 16.4 Å². The maximum absolute atomic E-state index is 11.7. The van der Waals surface area contributed by atoms with Crippen molar-refractivity contribution in [2.75, 3.05) is 13.1 Å². The van der Waals surface area contributed by atoms with Crippen molar-refractivity contribution in [2.45, 2.75) is 52.5 Å². The van der Waals surface area contributed by atoms with E-state index < -0.39 is 6.04 Å². The van der Waals surface area contributed by atoms with Gasteiger partial charge in [0.2, 0.25) is 11.8 Å². The summed E-state index contributed by atoms with van der Waals surface area (Å²) in [5, 5.41) is 5.37. The Morgan fingerprint density at radius 1 is 1.08 bits per heavy atom. The molecule has 0 aliphatic rings. The van der Waals surface area contributed by atoms with Crippen LogP contribution in [0.1, 0.15) is 45.7 Å². The molecule has 0 aromatic heterocycles. The van der Waals surface area contributed by atoms with Crippen LogP contribution in [0.5, 0.6) is 0 Å². The van der Waals surface area contributed by atoms with Crippen molar-refractivity contribution < 1.29 is 9.59 Å². The SMILES string of the molecule is CC(C)[C@H](N)C(=O)NCC(=O)NCCc1ccc(C(C)(C)C)cc1.Cl. The Morgan fingerprint density at radius 3 is 2.12 bits per heavy atom. The van der Waals surface area contributed by atoms with Crippen LogP contribution < -0.4 is 16.4 Å². The van der Waals surface area contributed by atoms with E-state index >= 15 is 0 Å². The molecule has 0 fully saturated rings. The number of nitrogens with one attached hydrogen (secondary N) is 2. The minimum Gasteiger partial charge on any atom is -0.354 e. The van der Waals surface area contributed by atoms with Crippen molar-refractivity contribution in [2.24, 2.45) is 11.7 Å². The molecule has 4 N–H and O–H groups in total. The van der Waals surface area contributed by atoms with Crippen LogP contribution in [0, 0.1) is 5.92 Å². The number of carbonyl (C=O) groups is 2. The zero-order chi connectivity index (χ0) is 18.3. The highest BCUT2D eigenvalue weighted by Gasteiger charge is 2.17. The highest BCUT2D eigenvalue weighted by molar-refractivity contribution is 5.87. The van der Waals surface area contributed by atoms with E-state index in [1.165, 1.54) is 11.1 Å². The fourth-order valence-electron chi connectivity index (χ4n) is 2.17. The van der Waals surface area contributed by atoms with E-state index in [2.05, 4.69) is 55.7 Å². The standard InChI is InChI=1S/C19H31N3O2.ClH/c1-13(2)17(20)18(24)22-12-16(23)21-11-10-14-6-8-15(9-7-14)19(3,4)5;/h6-9,13,17H,10-12,20H2,1-5H3,(H,21,23)(H,22,24);1H/t17-;/m0./s1. The molecule has 2 amide bonds. The van der Waals surface area contributed by atoms with Gasteiger partial charge >= 0.3 is 0 Å². The topological polar surface area (TPSA) is 84.2 Å². The molecule has 142 valence electrons. The Labute approximate surface area is 157 Å². The van der Waals surface area contributed by atoms with Gasteiger partial charge in [0.15, 0.2) is 0 Å². The fourth-order valence-corrected chi connectivity index (χ4v) is 2.17. The van der Waals surface area contributed by atoms with Crippen molar-refractivity contribution in [3.8, 4) is 0 Å². The summed E-state index contributed by atoms with van der Waals surface area (Å²) in [6.07, 6.45) is 0.760. The molecule has 0 saturated carbocycles. The molecule has 0 aliphatic heterocycles. The number of halogens is 1. The average Bonchev–Trinajstić information content (AvgIpc) is 2.51. The van der Waals surface area contributed by atoms with E-state index in [0.717, 1.165) is 6.42 Å². The van der Waals surface area contributed by atoms with E-state index in [1.807, 2.05) is 13.8 Å². The lowest BCUT2D eigenvalue weighted by atomic mass is 9.86. The van der Waals surface area contributed by atoms with Gasteiger partial charge in [-0.2, -0.15) is 0 Å². The monoisotopic (exact) mass is 369 g/mol. The molecule has 25 heavy (non-hydrogen) atoms. The molecule has 1 aromatic rings. The van der Waals surface area contributed by atoms with Gasteiger partial charge in [-0.25, -0.2) is 0 Å². The Hall–Kier alpha value is -1.59. The Bertz CT molecular complexity index is 551. The third-order valence-corrected chi connectivity index (χ3v) is 4.00. The maximum atomic E-state index is 11.7. The van der Waals surface area contributed by atoms with E-state index in [1.54, 1.807) is 0 Å². The molecule has 1 atom stereocenters. The molecular formula is C19H32ClN3O2. The van der Waals surface area contributed by atoms with E-state index in [-0.39, 0.29) is 42.1 Å². The third kappa shape index (κ3) is 8.36. The lowest BCUT2D eigenvalue weighted by Gasteiger charge is -2.19. The Balaban J connectivity index is 0.00000576. The molecule has 0 spiro atoms. The van der Waals surface area contributed by atoms with Gasteiger partial charge in [-0.1, -0.05) is 58.9 Å². The minimum atomic E-state index is -0.584. The number of hydrogen-bond donors (Lipinski definition) is 3. The third-order valence-electron chi connectivity index (χ3n) is 4.00. The van der Waals surface area contributed by atoms with Crippen LogP contribution in [0.2, 0.25) is 0 Å². The number of amides is 2. The van der Waals surface area contributed by atoms with Crippen LogP contribution >= 0.6 is 12.4 Å². The van der Waals surface area contributed by atoms with Crippen molar-refractivity contribution in [1.82, 2.24) is 10.6 Å². The van der Waals surface area contributed by atoms with Crippen LogP contribution in [0.4, 0.5) is 0 Å². The number of benzene rings is 1. The second-order valence-electron chi connectivity index (χ2n) is 7.53. The van der Waals surface area contributed by atoms with Gasteiger partial charge in [-0.05, 0) is 28.9 Å². The van der Waals surface area contributed by atoms with E-state index in [0.29, 0.717) is 6.54 Å². The van der Waals surface area contributed by atoms with Crippen molar-refractivity contribution >= 4 is 24.2 Å². The van der Waals surface area contributed by atoms with Crippen LogP contribution in [-0.2, 0) is 21.4 Å². The highest BCUT2D eigenvalue weighted by Crippen LogP contribution is 2.22. The first-order valence-electron chi connectivity index (χ1n) is 8.50. The number of rotatable bonds is 7. The summed E-state index contributed by atoms with van der Waals surface area (Å²) in [5.74, 6) is -0.451. The molecular weight excluding hydrogens is 338 g/mol. The first kappa shape index (κ1) is 23.4. The second kappa shape index (κ2) is 10.4. The summed E-state index contributed by atoms with van der Waals surface area (Å²) in [7, 11) is 0. The van der Waals surface area contributed by atoms with Gasteiger partial charge in [-0.3, -0.25) is 9.59 Å². The molecule has 0 aliphatic carbocycles. The maximum Gasteiger partial charge on any atom is 0.239 e. The molecule has 0 unspecified atom stereocenters. The molecule has 0 radical (unpaired) electrons. The lowest BCUT2D eigenvalue weighted by Crippen LogP contribution is -2.47. The van der Waals surface area contributed by atoms with Gasteiger partial charge in [0.25, 0.3) is 0 Å². The van der Waals surface area contributed by atoms with Crippen molar-refractivity contribution in [3.05, 3.63) is 35.4 Å². The van der Waals surface area contributed by atoms with Gasteiger partial charge in [0.05, 0.1) is 12.6 Å². The zero-order valence-electron chi connectivity index (χ0n) is 15.9. The molecule has 5 nitrogen and oxygen atoms in total. The normalized spacial score (nSPS) is 12.3. The van der Waals surface area contributed by atoms with Crippen LogP contribution in [-0.4, -0.2) is 30.9 Å². The lowest BCUT2D eigenvalue weighted by molar-refractivity contribution is -0.127. The number of nitrogens with two attached hydrogens (primary N) is 1. The zero-order valence-corrected chi connectivity index (χ0v) is 16.7. The van der Waals surface area contributed by atoms with Crippen molar-refractivity contribution in [3.63, 3.8) is 0 Å². The summed E-state index contributed by atoms with van der Waals surface area (Å²) in [6.45, 7) is 10.8. The first-order valence-corrected chi connectivity index (χ1v) is 8.50. The van der Waals surface area contributed by atoms with Crippen molar-refractivity contribution in [1.29, 1.82) is 0 Å². The Kier molecular flexibility index (Phi) is 9.75. The summed E-state index contributed by atoms with van der Waals surface area (Å²) in [4.78, 5) is 23.4. The summed E-state index contributed by atoms with van der Waals surface area (Å²) in [5.41, 5.74) is 8.33. The quantitative estimate of drug-likeness (QED) is 0.688. The van der Waals surface area contributed by atoms with Crippen LogP contribution in [0.25, 0.3) is 0 Å². The van der Waals surface area contributed by atoms with Gasteiger partial charge in [0, 0.05) is 6.54 Å². The molecule has 0 saturated heterocycles. The smallest absolute Gasteiger partial charge is 0.239 e. The molecule has 1 aromatic carbocycles. The molecule has 6 heteroatoms. The molecule has 0 bridgehead atoms. The molecule has 1 rings (SSSR count).